The average molecular weight is 347 g/mol. The molecule has 1 fully saturated rings. The summed E-state index contributed by atoms with van der Waals surface area (Å²) in [7, 11) is 6.80. The van der Waals surface area contributed by atoms with E-state index in [4.69, 9.17) is 15.4 Å². The Morgan fingerprint density at radius 1 is 1.41 bits per heavy atom. The lowest BCUT2D eigenvalue weighted by Gasteiger charge is -2.24. The molecule has 3 nitrogen and oxygen atoms in total. The van der Waals surface area contributed by atoms with Gasteiger partial charge < -0.3 is 9.30 Å². The summed E-state index contributed by atoms with van der Waals surface area (Å²) in [6.07, 6.45) is 1.79. The third-order valence-electron chi connectivity index (χ3n) is 3.98. The molecule has 0 radical (unpaired) electrons. The number of hydrogen-bond acceptors (Lipinski definition) is 3. The maximum absolute atomic E-state index is 14.0. The third-order valence-corrected chi connectivity index (χ3v) is 4.95. The standard InChI is InChI=1S/C15H17ClF2N2OS/c1-15(17,18)14-19-12-8-11(22-16)2-3-13(12)20(14)9-10-4-6-21-7-5-10/h2-3,8,10H,4-7,9H2,1H3. The Morgan fingerprint density at radius 3 is 2.77 bits per heavy atom. The lowest BCUT2D eigenvalue weighted by Crippen LogP contribution is -2.24. The molecule has 0 amide bonds. The van der Waals surface area contributed by atoms with Crippen LogP contribution >= 0.6 is 21.7 Å². The van der Waals surface area contributed by atoms with Crippen molar-refractivity contribution in [2.75, 3.05) is 13.2 Å². The van der Waals surface area contributed by atoms with Crippen molar-refractivity contribution in [3.05, 3.63) is 24.0 Å². The Labute approximate surface area is 136 Å². The van der Waals surface area contributed by atoms with Crippen molar-refractivity contribution in [2.45, 2.75) is 37.1 Å². The van der Waals surface area contributed by atoms with Crippen LogP contribution in [0.2, 0.25) is 0 Å². The fourth-order valence-electron chi connectivity index (χ4n) is 2.86. The van der Waals surface area contributed by atoms with E-state index in [2.05, 4.69) is 4.98 Å². The van der Waals surface area contributed by atoms with Crippen molar-refractivity contribution in [3.8, 4) is 0 Å². The van der Waals surface area contributed by atoms with E-state index in [0.29, 0.717) is 31.2 Å². The molecule has 0 atom stereocenters. The largest absolute Gasteiger partial charge is 0.381 e. The van der Waals surface area contributed by atoms with E-state index in [1.54, 1.807) is 10.6 Å². The van der Waals surface area contributed by atoms with Crippen LogP contribution in [0.3, 0.4) is 0 Å². The highest BCUT2D eigenvalue weighted by Crippen LogP contribution is 2.33. The molecule has 1 aliphatic rings. The van der Waals surface area contributed by atoms with Gasteiger partial charge in [-0.1, -0.05) is 0 Å². The highest BCUT2D eigenvalue weighted by molar-refractivity contribution is 8.21. The second-order valence-electron chi connectivity index (χ2n) is 5.72. The number of alkyl halides is 2. The Kier molecular flexibility index (Phi) is 4.61. The van der Waals surface area contributed by atoms with E-state index in [1.165, 1.54) is 0 Å². The second kappa shape index (κ2) is 6.34. The van der Waals surface area contributed by atoms with Crippen molar-refractivity contribution in [3.63, 3.8) is 0 Å². The SMILES string of the molecule is CC(F)(F)c1nc2cc(SCl)ccc2n1CC1CCOCC1. The minimum absolute atomic E-state index is 0.175. The summed E-state index contributed by atoms with van der Waals surface area (Å²) >= 11 is 0. The molecule has 7 heteroatoms. The molecule has 2 aromatic rings. The summed E-state index contributed by atoms with van der Waals surface area (Å²) in [6.45, 7) is 2.84. The summed E-state index contributed by atoms with van der Waals surface area (Å²) in [5, 5.41) is 0. The maximum Gasteiger partial charge on any atom is 0.302 e. The summed E-state index contributed by atoms with van der Waals surface area (Å²) in [4.78, 5) is 4.97. The van der Waals surface area contributed by atoms with Crippen LogP contribution in [-0.4, -0.2) is 22.8 Å². The number of hydrogen-bond donors (Lipinski definition) is 0. The number of fused-ring (bicyclic) bond motifs is 1. The summed E-state index contributed by atoms with van der Waals surface area (Å²) in [6, 6.07) is 5.41. The minimum Gasteiger partial charge on any atom is -0.381 e. The van der Waals surface area contributed by atoms with Crippen LogP contribution in [0.5, 0.6) is 0 Å². The Balaban J connectivity index is 2.04. The van der Waals surface area contributed by atoms with E-state index in [9.17, 15) is 8.78 Å². The molecule has 0 bridgehead atoms. The van der Waals surface area contributed by atoms with Gasteiger partial charge in [0.05, 0.1) is 11.0 Å². The van der Waals surface area contributed by atoms with Crippen LogP contribution in [0.25, 0.3) is 11.0 Å². The van der Waals surface area contributed by atoms with Crippen molar-refractivity contribution in [1.82, 2.24) is 9.55 Å². The predicted molar refractivity (Wildman–Crippen MR) is 84.6 cm³/mol. The number of halogens is 3. The zero-order valence-electron chi connectivity index (χ0n) is 12.2. The molecule has 120 valence electrons. The van der Waals surface area contributed by atoms with Gasteiger partial charge in [-0.25, -0.2) is 4.98 Å². The molecular weight excluding hydrogens is 330 g/mol. The van der Waals surface area contributed by atoms with Gasteiger partial charge in [0.25, 0.3) is 0 Å². The van der Waals surface area contributed by atoms with Crippen molar-refractivity contribution >= 4 is 32.7 Å². The first kappa shape index (κ1) is 16.0. The number of nitrogens with zero attached hydrogens (tertiary/aromatic N) is 2. The highest BCUT2D eigenvalue weighted by atomic mass is 35.7. The van der Waals surface area contributed by atoms with E-state index < -0.39 is 5.92 Å². The lowest BCUT2D eigenvalue weighted by atomic mass is 10.00. The number of ether oxygens (including phenoxy) is 1. The molecular formula is C15H17ClF2N2OS. The molecule has 0 aliphatic carbocycles. The normalized spacial score (nSPS) is 17.3. The number of imidazole rings is 1. The molecule has 1 saturated heterocycles. The second-order valence-corrected chi connectivity index (χ2v) is 6.81. The van der Waals surface area contributed by atoms with E-state index >= 15 is 0 Å². The van der Waals surface area contributed by atoms with Gasteiger partial charge in [0.2, 0.25) is 0 Å². The van der Waals surface area contributed by atoms with E-state index in [-0.39, 0.29) is 5.82 Å². The molecule has 0 N–H and O–H groups in total. The summed E-state index contributed by atoms with van der Waals surface area (Å²) in [5.41, 5.74) is 1.30. The highest BCUT2D eigenvalue weighted by Gasteiger charge is 2.32. The van der Waals surface area contributed by atoms with Crippen LogP contribution in [0.1, 0.15) is 25.6 Å². The first-order chi connectivity index (χ1) is 10.5. The van der Waals surface area contributed by atoms with Crippen LogP contribution in [-0.2, 0) is 17.2 Å². The van der Waals surface area contributed by atoms with Crippen LogP contribution in [0, 0.1) is 5.92 Å². The molecule has 1 aliphatic heterocycles. The number of aromatic nitrogens is 2. The smallest absolute Gasteiger partial charge is 0.302 e. The maximum atomic E-state index is 14.0. The Bertz CT molecular complexity index is 665. The minimum atomic E-state index is -2.97. The zero-order chi connectivity index (χ0) is 15.7. The first-order valence-electron chi connectivity index (χ1n) is 7.24. The molecule has 0 unspecified atom stereocenters. The fraction of sp³-hybridized carbons (Fsp3) is 0.533. The third kappa shape index (κ3) is 3.24. The van der Waals surface area contributed by atoms with Gasteiger partial charge in [-0.15, -0.1) is 0 Å². The zero-order valence-corrected chi connectivity index (χ0v) is 13.8. The lowest BCUT2D eigenvalue weighted by molar-refractivity contribution is 0.00223. The molecule has 0 spiro atoms. The molecule has 0 saturated carbocycles. The Morgan fingerprint density at radius 2 is 2.14 bits per heavy atom. The first-order valence-corrected chi connectivity index (χ1v) is 8.88. The van der Waals surface area contributed by atoms with Crippen molar-refractivity contribution in [2.24, 2.45) is 5.92 Å². The molecule has 2 heterocycles. The van der Waals surface area contributed by atoms with Gasteiger partial charge >= 0.3 is 5.92 Å². The van der Waals surface area contributed by atoms with Crippen molar-refractivity contribution < 1.29 is 13.5 Å². The molecule has 1 aromatic heterocycles. The number of rotatable bonds is 4. The van der Waals surface area contributed by atoms with Gasteiger partial charge in [0.1, 0.15) is 0 Å². The van der Waals surface area contributed by atoms with Crippen LogP contribution in [0.15, 0.2) is 23.1 Å². The summed E-state index contributed by atoms with van der Waals surface area (Å²) < 4.78 is 34.9. The topological polar surface area (TPSA) is 27.1 Å². The van der Waals surface area contributed by atoms with Crippen LogP contribution in [0.4, 0.5) is 8.78 Å². The summed E-state index contributed by atoms with van der Waals surface area (Å²) in [5.74, 6) is -2.81. The quantitative estimate of drug-likeness (QED) is 0.794. The van der Waals surface area contributed by atoms with Gasteiger partial charge in [0.15, 0.2) is 5.82 Å². The number of benzene rings is 1. The average Bonchev–Trinajstić information content (AvgIpc) is 2.86. The van der Waals surface area contributed by atoms with Gasteiger partial charge in [-0.05, 0) is 58.6 Å². The molecule has 22 heavy (non-hydrogen) atoms. The Hall–Kier alpha value is -0.850. The molecule has 3 rings (SSSR count). The van der Waals surface area contributed by atoms with Gasteiger partial charge in [0, 0.05) is 31.6 Å². The predicted octanol–water partition coefficient (Wildman–Crippen LogP) is 4.82. The van der Waals surface area contributed by atoms with Gasteiger partial charge in [-0.3, -0.25) is 0 Å². The van der Waals surface area contributed by atoms with Gasteiger partial charge in [-0.2, -0.15) is 8.78 Å². The molecule has 1 aromatic carbocycles. The van der Waals surface area contributed by atoms with E-state index in [1.807, 2.05) is 12.1 Å². The fourth-order valence-corrected chi connectivity index (χ4v) is 3.43. The van der Waals surface area contributed by atoms with Crippen LogP contribution < -0.4 is 0 Å². The monoisotopic (exact) mass is 346 g/mol. The van der Waals surface area contributed by atoms with Crippen molar-refractivity contribution in [1.29, 1.82) is 0 Å². The van der Waals surface area contributed by atoms with E-state index in [0.717, 1.165) is 41.2 Å².